The number of hydrogen-bond donors (Lipinski definition) is 3. The molecule has 1 aliphatic carbocycles. The number of fused-ring (bicyclic) bond motifs is 8. The Morgan fingerprint density at radius 1 is 0.803 bits per heavy atom. The molecule has 4 amide bonds. The molecule has 7 atom stereocenters. The highest BCUT2D eigenvalue weighted by atomic mass is 16.5. The number of carbonyl (C=O) groups is 4. The van der Waals surface area contributed by atoms with E-state index in [-0.39, 0.29) is 47.7 Å². The lowest BCUT2D eigenvalue weighted by Gasteiger charge is -2.36. The van der Waals surface area contributed by atoms with Crippen molar-refractivity contribution in [2.45, 2.75) is 76.2 Å². The minimum Gasteiger partial charge on any atom is -0.453 e. The van der Waals surface area contributed by atoms with Crippen molar-refractivity contribution in [2.24, 2.45) is 22.7 Å². The van der Waals surface area contributed by atoms with E-state index in [0.717, 1.165) is 92.2 Å². The summed E-state index contributed by atoms with van der Waals surface area (Å²) in [6.07, 6.45) is 2.89. The van der Waals surface area contributed by atoms with E-state index in [0.29, 0.717) is 25.1 Å². The van der Waals surface area contributed by atoms with Gasteiger partial charge in [-0.15, -0.1) is 0 Å². The number of H-pyrrole nitrogens is 1. The zero-order valence-electron chi connectivity index (χ0n) is 37.9. The molecular weight excluding hydrogens is 835 g/mol. The number of likely N-dealkylation sites (tertiary alicyclic amines) is 2. The summed E-state index contributed by atoms with van der Waals surface area (Å²) in [7, 11) is 4.28. The minimum atomic E-state index is -0.887. The summed E-state index contributed by atoms with van der Waals surface area (Å²) in [5.74, 6) is 0.725. The van der Waals surface area contributed by atoms with Gasteiger partial charge in [-0.25, -0.2) is 14.6 Å². The molecule has 2 bridgehead atoms. The van der Waals surface area contributed by atoms with Crippen LogP contribution in [0.25, 0.3) is 43.7 Å². The third-order valence-electron chi connectivity index (χ3n) is 14.3. The predicted octanol–water partition coefficient (Wildman–Crippen LogP) is 8.56. The Morgan fingerprint density at radius 2 is 1.52 bits per heavy atom. The molecule has 14 heteroatoms. The largest absolute Gasteiger partial charge is 0.453 e. The molecule has 6 aromatic rings. The Balaban J connectivity index is 0.904. The third kappa shape index (κ3) is 7.70. The predicted molar refractivity (Wildman–Crippen MR) is 252 cm³/mol. The molecule has 14 nitrogen and oxygen atoms in total. The maximum absolute atomic E-state index is 14.5. The number of aliphatic imine (C=N–C) groups is 1. The topological polar surface area (TPSA) is 168 Å². The van der Waals surface area contributed by atoms with Crippen LogP contribution in [0.15, 0.2) is 96.0 Å². The van der Waals surface area contributed by atoms with Crippen molar-refractivity contribution in [2.75, 3.05) is 34.5 Å². The minimum absolute atomic E-state index is 0.0614. The van der Waals surface area contributed by atoms with Crippen molar-refractivity contribution >= 4 is 68.0 Å². The molecule has 0 radical (unpaired) electrons. The van der Waals surface area contributed by atoms with Gasteiger partial charge in [-0.1, -0.05) is 80.6 Å². The maximum Gasteiger partial charge on any atom is 0.407 e. The van der Waals surface area contributed by atoms with Crippen LogP contribution in [-0.2, 0) is 30.2 Å². The fourth-order valence-corrected chi connectivity index (χ4v) is 11.2. The van der Waals surface area contributed by atoms with Crippen LogP contribution in [-0.4, -0.2) is 102 Å². The van der Waals surface area contributed by atoms with Gasteiger partial charge in [0.25, 0.3) is 5.91 Å². The van der Waals surface area contributed by atoms with Gasteiger partial charge in [0, 0.05) is 43.1 Å². The lowest BCUT2D eigenvalue weighted by atomic mass is 9.94. The van der Waals surface area contributed by atoms with Gasteiger partial charge in [-0.3, -0.25) is 14.6 Å². The summed E-state index contributed by atoms with van der Waals surface area (Å²) in [5, 5.41) is 9.87. The van der Waals surface area contributed by atoms with Gasteiger partial charge in [-0.2, -0.15) is 0 Å². The smallest absolute Gasteiger partial charge is 0.407 e. The van der Waals surface area contributed by atoms with Crippen LogP contribution in [0.1, 0.15) is 68.6 Å². The summed E-state index contributed by atoms with van der Waals surface area (Å²) in [6, 6.07) is 28.7. The normalized spacial score (nSPS) is 21.9. The standard InChI is InChI=1S/C52H55N7O7/c1-28(2)44(56-51(62)65-4)49(60)58-26-29(27-64-3)21-43(58)42-25-39-37-17-12-31(22-33(37)14-19-40(39)53-42)32-13-18-38-34(23-32)15-20-41-46(38)55-48(54-41)47-35-11-16-36(24-35)59(47)50(61)45(57-52(63)66-5)30-9-7-6-8-10-30/h6-10,12-15,17-20,22-23,28-29,35-36,43-45,47H,11,16,21,24-27H2,1-5H3,(H,54,55)(H,56,62)(H,57,63)/t29-,35+,36-,43-,44-,45+,47-/m0/s1. The van der Waals surface area contributed by atoms with Crippen molar-refractivity contribution in [1.29, 1.82) is 0 Å². The number of imidazole rings is 1. The first-order valence-corrected chi connectivity index (χ1v) is 22.9. The summed E-state index contributed by atoms with van der Waals surface area (Å²) in [6.45, 7) is 4.89. The van der Waals surface area contributed by atoms with Crippen molar-refractivity contribution in [3.05, 3.63) is 108 Å². The van der Waals surface area contributed by atoms with E-state index in [1.807, 2.05) is 54.0 Å². The number of methoxy groups -OCH3 is 3. The van der Waals surface area contributed by atoms with Crippen LogP contribution >= 0.6 is 0 Å². The number of piperidine rings is 1. The van der Waals surface area contributed by atoms with Crippen molar-refractivity contribution in [3.63, 3.8) is 0 Å². The van der Waals surface area contributed by atoms with Crippen LogP contribution in [0, 0.1) is 17.8 Å². The van der Waals surface area contributed by atoms with Crippen LogP contribution in [0.2, 0.25) is 0 Å². The lowest BCUT2D eigenvalue weighted by Crippen LogP contribution is -2.53. The van der Waals surface area contributed by atoms with Gasteiger partial charge in [0.2, 0.25) is 5.91 Å². The molecule has 2 saturated heterocycles. The fourth-order valence-electron chi connectivity index (χ4n) is 11.2. The quantitative estimate of drug-likeness (QED) is 0.116. The Morgan fingerprint density at radius 3 is 2.24 bits per heavy atom. The molecule has 4 heterocycles. The first-order valence-electron chi connectivity index (χ1n) is 22.9. The van der Waals surface area contributed by atoms with Crippen molar-refractivity contribution < 1.29 is 33.4 Å². The van der Waals surface area contributed by atoms with E-state index in [2.05, 4.69) is 76.3 Å². The average molecular weight is 890 g/mol. The molecule has 0 spiro atoms. The highest BCUT2D eigenvalue weighted by Crippen LogP contribution is 2.51. The monoisotopic (exact) mass is 889 g/mol. The summed E-state index contributed by atoms with van der Waals surface area (Å²) < 4.78 is 15.3. The summed E-state index contributed by atoms with van der Waals surface area (Å²) in [5.41, 5.74) is 7.64. The van der Waals surface area contributed by atoms with E-state index >= 15 is 0 Å². The Labute approximate surface area is 383 Å². The molecule has 10 rings (SSSR count). The van der Waals surface area contributed by atoms with Gasteiger partial charge >= 0.3 is 12.2 Å². The molecule has 3 fully saturated rings. The SMILES string of the molecule is COC[C@H]1C[C@@H](C2=Nc3ccc4cc(-c5ccc6c(ccc7[nH]c([C@@H]8[C@@H]9CC[C@@H](C9)N8C(=O)[C@H](NC(=O)OC)c8ccccc8)nc76)c5)ccc4c3C2)N(C(=O)[C@@H](NC(=O)OC)C(C)C)C1. The molecule has 3 N–H and O–H groups in total. The van der Waals surface area contributed by atoms with Gasteiger partial charge in [-0.05, 0) is 100 Å². The number of nitrogens with zero attached hydrogens (tertiary/aromatic N) is 4. The van der Waals surface area contributed by atoms with Crippen LogP contribution < -0.4 is 10.6 Å². The van der Waals surface area contributed by atoms with Gasteiger partial charge in [0.1, 0.15) is 17.9 Å². The van der Waals surface area contributed by atoms with E-state index < -0.39 is 24.3 Å². The van der Waals surface area contributed by atoms with E-state index in [1.165, 1.54) is 14.2 Å². The fraction of sp³-hybridized carbons (Fsp3) is 0.385. The first kappa shape index (κ1) is 43.1. The number of aromatic nitrogens is 2. The van der Waals surface area contributed by atoms with Crippen LogP contribution in [0.5, 0.6) is 0 Å². The zero-order valence-corrected chi connectivity index (χ0v) is 37.9. The Hall–Kier alpha value is -6.80. The molecule has 340 valence electrons. The molecule has 3 aliphatic heterocycles. The highest BCUT2D eigenvalue weighted by molar-refractivity contribution is 6.08. The zero-order chi connectivity index (χ0) is 45.8. The van der Waals surface area contributed by atoms with Crippen molar-refractivity contribution in [1.82, 2.24) is 30.4 Å². The molecule has 1 aromatic heterocycles. The average Bonchev–Trinajstić information content (AvgIpc) is 4.20. The molecule has 0 unspecified atom stereocenters. The molecule has 66 heavy (non-hydrogen) atoms. The summed E-state index contributed by atoms with van der Waals surface area (Å²) in [4.78, 5) is 71.1. The van der Waals surface area contributed by atoms with E-state index in [4.69, 9.17) is 24.2 Å². The van der Waals surface area contributed by atoms with E-state index in [9.17, 15) is 19.2 Å². The number of amides is 4. The van der Waals surface area contributed by atoms with Gasteiger partial charge in [0.05, 0.1) is 49.6 Å². The molecule has 4 aliphatic rings. The second kappa shape index (κ2) is 17.5. The summed E-state index contributed by atoms with van der Waals surface area (Å²) >= 11 is 0. The lowest BCUT2D eigenvalue weighted by molar-refractivity contribution is -0.138. The van der Waals surface area contributed by atoms with Gasteiger partial charge < -0.3 is 39.6 Å². The van der Waals surface area contributed by atoms with Gasteiger partial charge in [0.15, 0.2) is 0 Å². The number of carbonyl (C=O) groups excluding carboxylic acids is 4. The first-order chi connectivity index (χ1) is 32.0. The number of benzene rings is 5. The molecular formula is C52H55N7O7. The number of rotatable bonds is 11. The maximum atomic E-state index is 14.5. The molecule has 1 saturated carbocycles. The number of hydrogen-bond acceptors (Lipinski definition) is 9. The second-order valence-electron chi connectivity index (χ2n) is 18.6. The number of nitrogens with one attached hydrogen (secondary N) is 3. The van der Waals surface area contributed by atoms with Crippen LogP contribution in [0.3, 0.4) is 0 Å². The Kier molecular flexibility index (Phi) is 11.5. The van der Waals surface area contributed by atoms with Crippen LogP contribution in [0.4, 0.5) is 15.3 Å². The molecule has 5 aromatic carbocycles. The van der Waals surface area contributed by atoms with E-state index in [1.54, 1.807) is 7.11 Å². The number of aromatic amines is 1. The number of alkyl carbamates (subject to hydrolysis) is 2. The Bertz CT molecular complexity index is 2910. The second-order valence-corrected chi connectivity index (χ2v) is 18.6. The number of ether oxygens (including phenoxy) is 3. The van der Waals surface area contributed by atoms with Crippen molar-refractivity contribution in [3.8, 4) is 11.1 Å². The third-order valence-corrected chi connectivity index (χ3v) is 14.3. The highest BCUT2D eigenvalue weighted by Gasteiger charge is 2.51.